The van der Waals surface area contributed by atoms with Gasteiger partial charge in [-0.25, -0.2) is 0 Å². The molecule has 0 N–H and O–H groups in total. The van der Waals surface area contributed by atoms with Crippen LogP contribution in [0, 0.1) is 0 Å². The molecule has 1 aliphatic rings. The van der Waals surface area contributed by atoms with E-state index in [1.807, 2.05) is 32.0 Å². The molecule has 0 saturated carbocycles. The van der Waals surface area contributed by atoms with Crippen LogP contribution in [0.4, 0.5) is 0 Å². The lowest BCUT2D eigenvalue weighted by molar-refractivity contribution is 0.0955. The van der Waals surface area contributed by atoms with Crippen LogP contribution in [-0.4, -0.2) is 17.6 Å². The Morgan fingerprint density at radius 1 is 1.40 bits per heavy atom. The fourth-order valence-corrected chi connectivity index (χ4v) is 2.68. The van der Waals surface area contributed by atoms with E-state index in [-0.39, 0.29) is 10.5 Å². The van der Waals surface area contributed by atoms with Gasteiger partial charge in [0.25, 0.3) is 0 Å². The van der Waals surface area contributed by atoms with E-state index in [1.54, 1.807) is 18.9 Å². The van der Waals surface area contributed by atoms with Crippen molar-refractivity contribution in [2.45, 2.75) is 24.3 Å². The summed E-state index contributed by atoms with van der Waals surface area (Å²) in [7, 11) is 1.62. The van der Waals surface area contributed by atoms with Crippen LogP contribution in [0.1, 0.15) is 29.8 Å². The van der Waals surface area contributed by atoms with Crippen LogP contribution in [0.15, 0.2) is 18.2 Å². The number of thioether (sulfide) groups is 1. The number of rotatable bonds is 1. The van der Waals surface area contributed by atoms with E-state index in [0.29, 0.717) is 0 Å². The summed E-state index contributed by atoms with van der Waals surface area (Å²) >= 11 is 1.69. The van der Waals surface area contributed by atoms with Crippen molar-refractivity contribution in [3.8, 4) is 5.75 Å². The van der Waals surface area contributed by atoms with Crippen LogP contribution in [-0.2, 0) is 5.75 Å². The van der Waals surface area contributed by atoms with Crippen molar-refractivity contribution < 1.29 is 9.53 Å². The lowest BCUT2D eigenvalue weighted by atomic mass is 9.95. The van der Waals surface area contributed by atoms with Gasteiger partial charge in [-0.15, -0.1) is 11.8 Å². The van der Waals surface area contributed by atoms with Gasteiger partial charge in [-0.2, -0.15) is 0 Å². The molecule has 0 atom stereocenters. The highest BCUT2D eigenvalue weighted by Gasteiger charge is 2.34. The summed E-state index contributed by atoms with van der Waals surface area (Å²) in [5, 5.41) is 0. The highest BCUT2D eigenvalue weighted by molar-refractivity contribution is 8.00. The average Bonchev–Trinajstić information content (AvgIpc) is 2.24. The molecule has 1 aromatic rings. The van der Waals surface area contributed by atoms with Crippen molar-refractivity contribution >= 4 is 17.5 Å². The van der Waals surface area contributed by atoms with Crippen LogP contribution < -0.4 is 4.74 Å². The lowest BCUT2D eigenvalue weighted by Crippen LogP contribution is -2.32. The van der Waals surface area contributed by atoms with Crippen LogP contribution >= 0.6 is 11.8 Å². The summed E-state index contributed by atoms with van der Waals surface area (Å²) in [6.07, 6.45) is 0. The zero-order chi connectivity index (χ0) is 11.1. The number of ether oxygens (including phenoxy) is 1. The van der Waals surface area contributed by atoms with Crippen molar-refractivity contribution in [1.82, 2.24) is 0 Å². The maximum absolute atomic E-state index is 12.1. The normalized spacial score (nSPS) is 18.5. The summed E-state index contributed by atoms with van der Waals surface area (Å²) in [5.41, 5.74) is 1.93. The Morgan fingerprint density at radius 3 is 2.80 bits per heavy atom. The maximum Gasteiger partial charge on any atom is 0.178 e. The number of hydrogen-bond donors (Lipinski definition) is 0. The number of Topliss-reactive ketones (excluding diaryl/α,β-unsaturated/α-hetero) is 1. The van der Waals surface area contributed by atoms with Crippen LogP contribution in [0.25, 0.3) is 0 Å². The Labute approximate surface area is 94.0 Å². The van der Waals surface area contributed by atoms with Crippen LogP contribution in [0.2, 0.25) is 0 Å². The van der Waals surface area contributed by atoms with Gasteiger partial charge in [0.1, 0.15) is 5.75 Å². The van der Waals surface area contributed by atoms with E-state index in [2.05, 4.69) is 0 Å². The summed E-state index contributed by atoms with van der Waals surface area (Å²) in [4.78, 5) is 12.1. The number of methoxy groups -OCH3 is 1. The SMILES string of the molecule is COc1ccc2c(c1)C(=O)C(C)(C)SC2. The molecule has 3 heteroatoms. The van der Waals surface area contributed by atoms with Gasteiger partial charge in [-0.1, -0.05) is 6.07 Å². The van der Waals surface area contributed by atoms with E-state index in [4.69, 9.17) is 4.74 Å². The molecule has 0 fully saturated rings. The van der Waals surface area contributed by atoms with Crippen LogP contribution in [0.3, 0.4) is 0 Å². The van der Waals surface area contributed by atoms with Crippen LogP contribution in [0.5, 0.6) is 5.75 Å². The van der Waals surface area contributed by atoms with Crippen molar-refractivity contribution in [2.75, 3.05) is 7.11 Å². The molecule has 0 amide bonds. The van der Waals surface area contributed by atoms with Crippen molar-refractivity contribution in [3.63, 3.8) is 0 Å². The third-order valence-corrected chi connectivity index (χ3v) is 4.06. The van der Waals surface area contributed by atoms with Crippen molar-refractivity contribution in [2.24, 2.45) is 0 Å². The van der Waals surface area contributed by atoms with E-state index in [9.17, 15) is 4.79 Å². The van der Waals surface area contributed by atoms with Gasteiger partial charge in [-0.3, -0.25) is 4.79 Å². The molecular weight excluding hydrogens is 208 g/mol. The Hall–Kier alpha value is -0.960. The number of hydrogen-bond acceptors (Lipinski definition) is 3. The molecule has 1 aromatic carbocycles. The summed E-state index contributed by atoms with van der Waals surface area (Å²) in [5.74, 6) is 1.86. The van der Waals surface area contributed by atoms with Gasteiger partial charge in [0.2, 0.25) is 0 Å². The predicted molar refractivity (Wildman–Crippen MR) is 62.7 cm³/mol. The first-order valence-electron chi connectivity index (χ1n) is 4.90. The second-order valence-electron chi connectivity index (χ2n) is 4.15. The smallest absolute Gasteiger partial charge is 0.178 e. The first-order valence-corrected chi connectivity index (χ1v) is 5.89. The highest BCUT2D eigenvalue weighted by Crippen LogP contribution is 2.39. The Balaban J connectivity index is 2.49. The second-order valence-corrected chi connectivity index (χ2v) is 5.75. The Kier molecular flexibility index (Phi) is 2.51. The molecule has 2 nitrogen and oxygen atoms in total. The summed E-state index contributed by atoms with van der Waals surface area (Å²) < 4.78 is 4.83. The number of fused-ring (bicyclic) bond motifs is 1. The zero-order valence-corrected chi connectivity index (χ0v) is 9.98. The second kappa shape index (κ2) is 3.56. The quantitative estimate of drug-likeness (QED) is 0.731. The molecule has 0 spiro atoms. The fraction of sp³-hybridized carbons (Fsp3) is 0.417. The minimum atomic E-state index is -0.306. The molecule has 1 heterocycles. The molecule has 0 bridgehead atoms. The van der Waals surface area contributed by atoms with E-state index < -0.39 is 0 Å². The fourth-order valence-electron chi connectivity index (χ4n) is 1.67. The van der Waals surface area contributed by atoms with Gasteiger partial charge in [0.15, 0.2) is 5.78 Å². The van der Waals surface area contributed by atoms with E-state index in [1.165, 1.54) is 0 Å². The largest absolute Gasteiger partial charge is 0.497 e. The molecule has 0 saturated heterocycles. The highest BCUT2D eigenvalue weighted by atomic mass is 32.2. The molecular formula is C12H14O2S. The standard InChI is InChI=1S/C12H14O2S/c1-12(2)11(13)10-6-9(14-3)5-4-8(10)7-15-12/h4-6H,7H2,1-3H3. The van der Waals surface area contributed by atoms with Gasteiger partial charge in [0.05, 0.1) is 11.9 Å². The molecule has 15 heavy (non-hydrogen) atoms. The summed E-state index contributed by atoms with van der Waals surface area (Å²) in [6, 6.07) is 5.73. The first kappa shape index (κ1) is 10.6. The topological polar surface area (TPSA) is 26.3 Å². The molecule has 2 rings (SSSR count). The summed E-state index contributed by atoms with van der Waals surface area (Å²) in [6.45, 7) is 3.95. The predicted octanol–water partition coefficient (Wildman–Crippen LogP) is 2.90. The van der Waals surface area contributed by atoms with Gasteiger partial charge < -0.3 is 4.74 Å². The van der Waals surface area contributed by atoms with Gasteiger partial charge in [0, 0.05) is 11.3 Å². The zero-order valence-electron chi connectivity index (χ0n) is 9.16. The third kappa shape index (κ3) is 1.76. The molecule has 80 valence electrons. The molecule has 0 unspecified atom stereocenters. The number of ketones is 1. The Morgan fingerprint density at radius 2 is 2.13 bits per heavy atom. The van der Waals surface area contributed by atoms with Crippen molar-refractivity contribution in [1.29, 1.82) is 0 Å². The minimum Gasteiger partial charge on any atom is -0.497 e. The monoisotopic (exact) mass is 222 g/mol. The number of benzene rings is 1. The number of carbonyl (C=O) groups excluding carboxylic acids is 1. The van der Waals surface area contributed by atoms with E-state index in [0.717, 1.165) is 22.6 Å². The van der Waals surface area contributed by atoms with Gasteiger partial charge in [-0.05, 0) is 31.5 Å². The Bertz CT molecular complexity index is 410. The van der Waals surface area contributed by atoms with Crippen molar-refractivity contribution in [3.05, 3.63) is 29.3 Å². The first-order chi connectivity index (χ1) is 7.04. The minimum absolute atomic E-state index is 0.202. The molecule has 0 aliphatic carbocycles. The average molecular weight is 222 g/mol. The third-order valence-electron chi connectivity index (χ3n) is 2.70. The van der Waals surface area contributed by atoms with Gasteiger partial charge >= 0.3 is 0 Å². The molecule has 1 aliphatic heterocycles. The maximum atomic E-state index is 12.1. The molecule has 0 radical (unpaired) electrons. The van der Waals surface area contributed by atoms with E-state index >= 15 is 0 Å². The lowest BCUT2D eigenvalue weighted by Gasteiger charge is -2.29. The number of carbonyl (C=O) groups is 1. The molecule has 0 aromatic heterocycles.